The Hall–Kier alpha value is -1.72. The first kappa shape index (κ1) is 15.2. The number of amides is 1. The van der Waals surface area contributed by atoms with Crippen molar-refractivity contribution in [3.8, 4) is 0 Å². The minimum atomic E-state index is 0.134. The van der Waals surface area contributed by atoms with Crippen LogP contribution >= 0.6 is 0 Å². The predicted octanol–water partition coefficient (Wildman–Crippen LogP) is 1.53. The Bertz CT molecular complexity index is 559. The van der Waals surface area contributed by atoms with Crippen molar-refractivity contribution in [2.45, 2.75) is 19.8 Å². The zero-order valence-corrected chi connectivity index (χ0v) is 13.5. The number of carbonyl (C=O) groups excluding carboxylic acids is 1. The lowest BCUT2D eigenvalue weighted by Gasteiger charge is -2.35. The molecule has 0 aliphatic carbocycles. The molecule has 5 nitrogen and oxygen atoms in total. The van der Waals surface area contributed by atoms with E-state index in [1.165, 1.54) is 5.56 Å². The number of hydrogen-bond acceptors (Lipinski definition) is 4. The third-order valence-corrected chi connectivity index (χ3v) is 4.42. The summed E-state index contributed by atoms with van der Waals surface area (Å²) < 4.78 is 0. The summed E-state index contributed by atoms with van der Waals surface area (Å²) in [7, 11) is 2.14. The van der Waals surface area contributed by atoms with Crippen LogP contribution in [0.3, 0.4) is 0 Å². The first-order valence-electron chi connectivity index (χ1n) is 7.97. The van der Waals surface area contributed by atoms with Crippen LogP contribution in [0.5, 0.6) is 0 Å². The van der Waals surface area contributed by atoms with Crippen LogP contribution in [0.15, 0.2) is 29.4 Å². The zero-order valence-electron chi connectivity index (χ0n) is 13.5. The molecule has 1 saturated heterocycles. The maximum absolute atomic E-state index is 12.1. The fourth-order valence-corrected chi connectivity index (χ4v) is 2.84. The van der Waals surface area contributed by atoms with E-state index in [1.54, 1.807) is 5.01 Å². The van der Waals surface area contributed by atoms with Crippen LogP contribution in [-0.4, -0.2) is 66.3 Å². The van der Waals surface area contributed by atoms with E-state index in [0.29, 0.717) is 13.1 Å². The second kappa shape index (κ2) is 6.58. The van der Waals surface area contributed by atoms with Gasteiger partial charge in [-0.3, -0.25) is 9.69 Å². The molecule has 1 fully saturated rings. The van der Waals surface area contributed by atoms with E-state index in [4.69, 9.17) is 0 Å². The third kappa shape index (κ3) is 3.54. The third-order valence-electron chi connectivity index (χ3n) is 4.42. The molecule has 2 aliphatic rings. The molecule has 1 aromatic rings. The average molecular weight is 300 g/mol. The van der Waals surface area contributed by atoms with Crippen LogP contribution < -0.4 is 0 Å². The highest BCUT2D eigenvalue weighted by molar-refractivity contribution is 6.04. The lowest BCUT2D eigenvalue weighted by atomic mass is 10.0. The number of piperazine rings is 1. The quantitative estimate of drug-likeness (QED) is 0.850. The smallest absolute Gasteiger partial charge is 0.244 e. The standard InChI is InChI=1S/C17H24N4O/c1-14-3-5-15(6-4-14)16-7-8-17(22)21(18-16)13-20-11-9-19(2)10-12-20/h3-6H,7-13H2,1-2H3. The molecule has 0 saturated carbocycles. The molecular formula is C17H24N4O. The summed E-state index contributed by atoms with van der Waals surface area (Å²) >= 11 is 0. The molecule has 1 aromatic carbocycles. The number of benzene rings is 1. The van der Waals surface area contributed by atoms with E-state index < -0.39 is 0 Å². The normalized spacial score (nSPS) is 21.1. The summed E-state index contributed by atoms with van der Waals surface area (Å²) in [5.74, 6) is 0.134. The molecule has 0 spiro atoms. The van der Waals surface area contributed by atoms with Gasteiger partial charge in [0.05, 0.1) is 12.4 Å². The summed E-state index contributed by atoms with van der Waals surface area (Å²) in [6.07, 6.45) is 1.29. The van der Waals surface area contributed by atoms with Crippen molar-refractivity contribution < 1.29 is 4.79 Å². The highest BCUT2D eigenvalue weighted by Gasteiger charge is 2.24. The van der Waals surface area contributed by atoms with Gasteiger partial charge in [-0.25, -0.2) is 5.01 Å². The minimum Gasteiger partial charge on any atom is -0.304 e. The van der Waals surface area contributed by atoms with E-state index in [0.717, 1.165) is 43.9 Å². The van der Waals surface area contributed by atoms with Crippen molar-refractivity contribution in [2.75, 3.05) is 39.9 Å². The average Bonchev–Trinajstić information content (AvgIpc) is 2.52. The van der Waals surface area contributed by atoms with Crippen LogP contribution in [0.4, 0.5) is 0 Å². The monoisotopic (exact) mass is 300 g/mol. The molecule has 0 atom stereocenters. The minimum absolute atomic E-state index is 0.134. The Morgan fingerprint density at radius 2 is 1.73 bits per heavy atom. The number of aryl methyl sites for hydroxylation is 1. The van der Waals surface area contributed by atoms with Crippen molar-refractivity contribution in [2.24, 2.45) is 5.10 Å². The largest absolute Gasteiger partial charge is 0.304 e. The number of hydrazone groups is 1. The van der Waals surface area contributed by atoms with Gasteiger partial charge in [0.1, 0.15) is 0 Å². The van der Waals surface area contributed by atoms with Gasteiger partial charge in [0.25, 0.3) is 0 Å². The van der Waals surface area contributed by atoms with E-state index in [-0.39, 0.29) is 5.91 Å². The zero-order chi connectivity index (χ0) is 15.5. The Morgan fingerprint density at radius 3 is 2.41 bits per heavy atom. The van der Waals surface area contributed by atoms with Gasteiger partial charge in [-0.15, -0.1) is 0 Å². The van der Waals surface area contributed by atoms with Crippen LogP contribution in [0.2, 0.25) is 0 Å². The van der Waals surface area contributed by atoms with E-state index >= 15 is 0 Å². The summed E-state index contributed by atoms with van der Waals surface area (Å²) in [5.41, 5.74) is 3.39. The van der Waals surface area contributed by atoms with Gasteiger partial charge < -0.3 is 4.90 Å². The van der Waals surface area contributed by atoms with E-state index in [2.05, 4.69) is 53.1 Å². The number of likely N-dealkylation sites (N-methyl/N-ethyl adjacent to an activating group) is 1. The van der Waals surface area contributed by atoms with Crippen LogP contribution in [-0.2, 0) is 4.79 Å². The molecule has 5 heteroatoms. The van der Waals surface area contributed by atoms with Crippen molar-refractivity contribution >= 4 is 11.6 Å². The van der Waals surface area contributed by atoms with E-state index in [1.807, 2.05) is 0 Å². The lowest BCUT2D eigenvalue weighted by Crippen LogP contribution is -2.49. The van der Waals surface area contributed by atoms with Gasteiger partial charge in [0.2, 0.25) is 5.91 Å². The molecule has 0 N–H and O–H groups in total. The van der Waals surface area contributed by atoms with Crippen molar-refractivity contribution in [1.82, 2.24) is 14.8 Å². The summed E-state index contributed by atoms with van der Waals surface area (Å²) in [6.45, 7) is 6.79. The molecule has 22 heavy (non-hydrogen) atoms. The molecule has 2 aliphatic heterocycles. The maximum Gasteiger partial charge on any atom is 0.244 e. The second-order valence-electron chi connectivity index (χ2n) is 6.27. The van der Waals surface area contributed by atoms with Crippen molar-refractivity contribution in [1.29, 1.82) is 0 Å². The summed E-state index contributed by atoms with van der Waals surface area (Å²) in [6, 6.07) is 8.38. The van der Waals surface area contributed by atoms with Gasteiger partial charge in [-0.1, -0.05) is 29.8 Å². The first-order chi connectivity index (χ1) is 10.6. The number of carbonyl (C=O) groups is 1. The van der Waals surface area contributed by atoms with Gasteiger partial charge >= 0.3 is 0 Å². The predicted molar refractivity (Wildman–Crippen MR) is 87.7 cm³/mol. The fraction of sp³-hybridized carbons (Fsp3) is 0.529. The van der Waals surface area contributed by atoms with Gasteiger partial charge in [0, 0.05) is 39.0 Å². The van der Waals surface area contributed by atoms with Crippen LogP contribution in [0.25, 0.3) is 0 Å². The molecule has 3 rings (SSSR count). The SMILES string of the molecule is Cc1ccc(C2=NN(CN3CCN(C)CC3)C(=O)CC2)cc1. The topological polar surface area (TPSA) is 39.1 Å². The molecular weight excluding hydrogens is 276 g/mol. The van der Waals surface area contributed by atoms with Crippen LogP contribution in [0.1, 0.15) is 24.0 Å². The van der Waals surface area contributed by atoms with Gasteiger partial charge in [-0.2, -0.15) is 5.10 Å². The molecule has 1 amide bonds. The second-order valence-corrected chi connectivity index (χ2v) is 6.27. The van der Waals surface area contributed by atoms with Crippen LogP contribution in [0, 0.1) is 6.92 Å². The van der Waals surface area contributed by atoms with Gasteiger partial charge in [-0.05, 0) is 19.5 Å². The lowest BCUT2D eigenvalue weighted by molar-refractivity contribution is -0.134. The molecule has 118 valence electrons. The fourth-order valence-electron chi connectivity index (χ4n) is 2.84. The molecule has 0 radical (unpaired) electrons. The summed E-state index contributed by atoms with van der Waals surface area (Å²) in [4.78, 5) is 16.8. The Balaban J connectivity index is 1.70. The van der Waals surface area contributed by atoms with Crippen molar-refractivity contribution in [3.05, 3.63) is 35.4 Å². The van der Waals surface area contributed by atoms with Crippen molar-refractivity contribution in [3.63, 3.8) is 0 Å². The van der Waals surface area contributed by atoms with E-state index in [9.17, 15) is 4.79 Å². The highest BCUT2D eigenvalue weighted by atomic mass is 16.2. The first-order valence-corrected chi connectivity index (χ1v) is 7.97. The Labute approximate surface area is 132 Å². The number of nitrogens with zero attached hydrogens (tertiary/aromatic N) is 4. The summed E-state index contributed by atoms with van der Waals surface area (Å²) in [5, 5.41) is 6.28. The molecule has 0 aromatic heterocycles. The number of hydrogen-bond donors (Lipinski definition) is 0. The molecule has 0 bridgehead atoms. The Morgan fingerprint density at radius 1 is 1.05 bits per heavy atom. The van der Waals surface area contributed by atoms with Gasteiger partial charge in [0.15, 0.2) is 0 Å². The molecule has 2 heterocycles. The molecule has 0 unspecified atom stereocenters. The maximum atomic E-state index is 12.1. The Kier molecular flexibility index (Phi) is 4.55. The number of rotatable bonds is 3. The highest BCUT2D eigenvalue weighted by Crippen LogP contribution is 2.16.